The predicted octanol–water partition coefficient (Wildman–Crippen LogP) is 3.26. The second kappa shape index (κ2) is 5.50. The first-order chi connectivity index (χ1) is 8.56. The third kappa shape index (κ3) is 3.09. The SMILES string of the molecule is Cc1cc(C)nc(Sc2ncccc2[C@H](C)N)c1. The third-order valence-electron chi connectivity index (χ3n) is 2.57. The largest absolute Gasteiger partial charge is 0.324 e. The maximum atomic E-state index is 5.95. The number of nitrogens with two attached hydrogens (primary N) is 1. The van der Waals surface area contributed by atoms with E-state index in [0.29, 0.717) is 0 Å². The molecule has 2 aromatic rings. The van der Waals surface area contributed by atoms with E-state index in [9.17, 15) is 0 Å². The van der Waals surface area contributed by atoms with Crippen LogP contribution in [-0.4, -0.2) is 9.97 Å². The Bertz CT molecular complexity index is 532. The van der Waals surface area contributed by atoms with Crippen LogP contribution in [0.15, 0.2) is 40.5 Å². The second-order valence-corrected chi connectivity index (χ2v) is 5.42. The van der Waals surface area contributed by atoms with Gasteiger partial charge in [-0.15, -0.1) is 0 Å². The van der Waals surface area contributed by atoms with Gasteiger partial charge in [-0.05, 0) is 56.3 Å². The number of hydrogen-bond donors (Lipinski definition) is 1. The minimum Gasteiger partial charge on any atom is -0.324 e. The Morgan fingerprint density at radius 3 is 2.72 bits per heavy atom. The third-order valence-corrected chi connectivity index (χ3v) is 3.52. The highest BCUT2D eigenvalue weighted by Gasteiger charge is 2.10. The summed E-state index contributed by atoms with van der Waals surface area (Å²) in [7, 11) is 0. The van der Waals surface area contributed by atoms with Crippen LogP contribution in [0, 0.1) is 13.8 Å². The van der Waals surface area contributed by atoms with Crippen LogP contribution < -0.4 is 5.73 Å². The molecule has 0 aliphatic heterocycles. The smallest absolute Gasteiger partial charge is 0.107 e. The van der Waals surface area contributed by atoms with Crippen LogP contribution in [0.1, 0.15) is 29.8 Å². The maximum absolute atomic E-state index is 5.95. The molecule has 0 bridgehead atoms. The molecule has 0 aliphatic carbocycles. The normalized spacial score (nSPS) is 12.4. The Hall–Kier alpha value is -1.39. The first-order valence-corrected chi connectivity index (χ1v) is 6.71. The summed E-state index contributed by atoms with van der Waals surface area (Å²) >= 11 is 1.57. The van der Waals surface area contributed by atoms with E-state index < -0.39 is 0 Å². The van der Waals surface area contributed by atoms with Gasteiger partial charge < -0.3 is 5.73 Å². The van der Waals surface area contributed by atoms with Gasteiger partial charge in [0.1, 0.15) is 10.1 Å². The molecule has 0 unspecified atom stereocenters. The zero-order chi connectivity index (χ0) is 13.1. The fourth-order valence-electron chi connectivity index (χ4n) is 1.79. The minimum absolute atomic E-state index is 0.0212. The number of hydrogen-bond acceptors (Lipinski definition) is 4. The summed E-state index contributed by atoms with van der Waals surface area (Å²) in [6, 6.07) is 8.04. The van der Waals surface area contributed by atoms with Gasteiger partial charge in [0.2, 0.25) is 0 Å². The van der Waals surface area contributed by atoms with E-state index in [1.54, 1.807) is 18.0 Å². The predicted molar refractivity (Wildman–Crippen MR) is 74.7 cm³/mol. The molecule has 0 spiro atoms. The first-order valence-electron chi connectivity index (χ1n) is 5.90. The van der Waals surface area contributed by atoms with Crippen LogP contribution in [-0.2, 0) is 0 Å². The van der Waals surface area contributed by atoms with Gasteiger partial charge >= 0.3 is 0 Å². The van der Waals surface area contributed by atoms with Crippen LogP contribution in [0.2, 0.25) is 0 Å². The van der Waals surface area contributed by atoms with Gasteiger partial charge in [0.25, 0.3) is 0 Å². The molecule has 94 valence electrons. The van der Waals surface area contributed by atoms with Crippen molar-refractivity contribution in [3.05, 3.63) is 47.3 Å². The molecule has 2 aromatic heterocycles. The fraction of sp³-hybridized carbons (Fsp3) is 0.286. The van der Waals surface area contributed by atoms with Crippen molar-refractivity contribution < 1.29 is 0 Å². The fourth-order valence-corrected chi connectivity index (χ4v) is 2.91. The number of rotatable bonds is 3. The van der Waals surface area contributed by atoms with E-state index in [0.717, 1.165) is 21.3 Å². The van der Waals surface area contributed by atoms with Crippen molar-refractivity contribution in [3.8, 4) is 0 Å². The molecule has 1 atom stereocenters. The van der Waals surface area contributed by atoms with Gasteiger partial charge in [-0.25, -0.2) is 9.97 Å². The summed E-state index contributed by atoms with van der Waals surface area (Å²) in [5, 5.41) is 1.90. The maximum Gasteiger partial charge on any atom is 0.107 e. The minimum atomic E-state index is -0.0212. The average molecular weight is 259 g/mol. The van der Waals surface area contributed by atoms with Gasteiger partial charge in [-0.3, -0.25) is 0 Å². The molecule has 0 aliphatic rings. The highest BCUT2D eigenvalue weighted by Crippen LogP contribution is 2.30. The first kappa shape index (κ1) is 13.1. The lowest BCUT2D eigenvalue weighted by molar-refractivity contribution is 0.779. The quantitative estimate of drug-likeness (QED) is 0.919. The zero-order valence-electron chi connectivity index (χ0n) is 10.8. The summed E-state index contributed by atoms with van der Waals surface area (Å²) in [5.74, 6) is 0. The lowest BCUT2D eigenvalue weighted by atomic mass is 10.2. The number of pyridine rings is 2. The van der Waals surface area contributed by atoms with E-state index in [1.807, 2.05) is 26.0 Å². The number of aryl methyl sites for hydroxylation is 2. The van der Waals surface area contributed by atoms with E-state index in [4.69, 9.17) is 5.73 Å². The summed E-state index contributed by atoms with van der Waals surface area (Å²) < 4.78 is 0. The Balaban J connectivity index is 2.34. The van der Waals surface area contributed by atoms with Crippen LogP contribution in [0.25, 0.3) is 0 Å². The summed E-state index contributed by atoms with van der Waals surface area (Å²) in [4.78, 5) is 8.91. The molecular formula is C14H17N3S. The molecule has 2 heterocycles. The standard InChI is InChI=1S/C14H17N3S/c1-9-7-10(2)17-13(8-9)18-14-12(11(3)15)5-4-6-16-14/h4-8,11H,15H2,1-3H3/t11-/m0/s1. The van der Waals surface area contributed by atoms with Crippen molar-refractivity contribution >= 4 is 11.8 Å². The Morgan fingerprint density at radius 2 is 2.06 bits per heavy atom. The van der Waals surface area contributed by atoms with Crippen LogP contribution >= 0.6 is 11.8 Å². The van der Waals surface area contributed by atoms with E-state index >= 15 is 0 Å². The van der Waals surface area contributed by atoms with E-state index in [2.05, 4.69) is 29.0 Å². The molecule has 0 fully saturated rings. The van der Waals surface area contributed by atoms with Crippen molar-refractivity contribution in [2.75, 3.05) is 0 Å². The van der Waals surface area contributed by atoms with Crippen molar-refractivity contribution in [3.63, 3.8) is 0 Å². The van der Waals surface area contributed by atoms with Gasteiger partial charge in [0, 0.05) is 23.5 Å². The molecule has 3 nitrogen and oxygen atoms in total. The molecule has 0 amide bonds. The van der Waals surface area contributed by atoms with Crippen molar-refractivity contribution in [2.45, 2.75) is 36.9 Å². The molecule has 18 heavy (non-hydrogen) atoms. The van der Waals surface area contributed by atoms with Crippen LogP contribution in [0.3, 0.4) is 0 Å². The zero-order valence-corrected chi connectivity index (χ0v) is 11.7. The molecule has 4 heteroatoms. The number of nitrogens with zero attached hydrogens (tertiary/aromatic N) is 2. The molecular weight excluding hydrogens is 242 g/mol. The van der Waals surface area contributed by atoms with Crippen molar-refractivity contribution in [2.24, 2.45) is 5.73 Å². The lowest BCUT2D eigenvalue weighted by Crippen LogP contribution is -2.07. The highest BCUT2D eigenvalue weighted by molar-refractivity contribution is 7.99. The molecule has 0 saturated heterocycles. The second-order valence-electron chi connectivity index (χ2n) is 4.41. The van der Waals surface area contributed by atoms with Gasteiger partial charge in [0.15, 0.2) is 0 Å². The topological polar surface area (TPSA) is 51.8 Å². The van der Waals surface area contributed by atoms with Crippen molar-refractivity contribution in [1.29, 1.82) is 0 Å². The molecule has 0 radical (unpaired) electrons. The molecule has 0 saturated carbocycles. The number of aromatic nitrogens is 2. The van der Waals surface area contributed by atoms with E-state index in [1.165, 1.54) is 5.56 Å². The van der Waals surface area contributed by atoms with Crippen molar-refractivity contribution in [1.82, 2.24) is 9.97 Å². The highest BCUT2D eigenvalue weighted by atomic mass is 32.2. The summed E-state index contributed by atoms with van der Waals surface area (Å²) in [6.07, 6.45) is 1.79. The lowest BCUT2D eigenvalue weighted by Gasteiger charge is -2.11. The molecule has 0 aromatic carbocycles. The average Bonchev–Trinajstić information content (AvgIpc) is 2.27. The Kier molecular flexibility index (Phi) is 3.99. The monoisotopic (exact) mass is 259 g/mol. The Labute approximate surface area is 112 Å². The van der Waals surface area contributed by atoms with Gasteiger partial charge in [-0.1, -0.05) is 6.07 Å². The molecule has 2 N–H and O–H groups in total. The van der Waals surface area contributed by atoms with Crippen LogP contribution in [0.4, 0.5) is 0 Å². The summed E-state index contributed by atoms with van der Waals surface area (Å²) in [5.41, 5.74) is 9.25. The van der Waals surface area contributed by atoms with Gasteiger partial charge in [0.05, 0.1) is 0 Å². The van der Waals surface area contributed by atoms with E-state index in [-0.39, 0.29) is 6.04 Å². The Morgan fingerprint density at radius 1 is 1.28 bits per heavy atom. The van der Waals surface area contributed by atoms with Crippen LogP contribution in [0.5, 0.6) is 0 Å². The summed E-state index contributed by atoms with van der Waals surface area (Å²) in [6.45, 7) is 6.04. The molecule has 2 rings (SSSR count). The van der Waals surface area contributed by atoms with Gasteiger partial charge in [-0.2, -0.15) is 0 Å².